The lowest BCUT2D eigenvalue weighted by Gasteiger charge is -2.19. The van der Waals surface area contributed by atoms with Gasteiger partial charge in [-0.05, 0) is 18.8 Å². The molecular formula is C13H14N2O2. The van der Waals surface area contributed by atoms with Gasteiger partial charge >= 0.3 is 0 Å². The first-order chi connectivity index (χ1) is 8.22. The summed E-state index contributed by atoms with van der Waals surface area (Å²) in [5.41, 5.74) is -0.116. The molecule has 1 fully saturated rings. The second kappa shape index (κ2) is 4.88. The van der Waals surface area contributed by atoms with Crippen LogP contribution in [0.5, 0.6) is 0 Å². The first-order valence-electron chi connectivity index (χ1n) is 5.62. The van der Waals surface area contributed by atoms with Gasteiger partial charge in [0.1, 0.15) is 5.56 Å². The van der Waals surface area contributed by atoms with Crippen molar-refractivity contribution in [2.75, 3.05) is 13.1 Å². The average molecular weight is 230 g/mol. The number of aromatic amines is 1. The lowest BCUT2D eigenvalue weighted by molar-refractivity contribution is 0.0768. The number of hydrogen-bond acceptors (Lipinski definition) is 2. The van der Waals surface area contributed by atoms with Crippen molar-refractivity contribution < 1.29 is 4.79 Å². The molecule has 1 aromatic heterocycles. The summed E-state index contributed by atoms with van der Waals surface area (Å²) in [7, 11) is 0. The third kappa shape index (κ3) is 2.76. The van der Waals surface area contributed by atoms with E-state index in [0.717, 1.165) is 12.8 Å². The van der Waals surface area contributed by atoms with Crippen LogP contribution in [0.2, 0.25) is 0 Å². The molecule has 0 radical (unpaired) electrons. The Morgan fingerprint density at radius 1 is 1.59 bits per heavy atom. The maximum absolute atomic E-state index is 12.1. The number of carbonyl (C=O) groups excluding carboxylic acids is 1. The van der Waals surface area contributed by atoms with Crippen LogP contribution in [0.25, 0.3) is 0 Å². The van der Waals surface area contributed by atoms with E-state index in [2.05, 4.69) is 10.9 Å². The molecule has 4 nitrogen and oxygen atoms in total. The van der Waals surface area contributed by atoms with Gasteiger partial charge in [0.25, 0.3) is 5.91 Å². The predicted octanol–water partition coefficient (Wildman–Crippen LogP) is 0.860. The Bertz CT molecular complexity index is 509. The Morgan fingerprint density at radius 2 is 2.35 bits per heavy atom. The summed E-state index contributed by atoms with van der Waals surface area (Å²) in [6, 6.07) is 1.35. The quantitative estimate of drug-likeness (QED) is 0.780. The zero-order chi connectivity index (χ0) is 12.3. The number of rotatable bonds is 4. The van der Waals surface area contributed by atoms with Gasteiger partial charge < -0.3 is 9.88 Å². The van der Waals surface area contributed by atoms with Crippen LogP contribution in [0.4, 0.5) is 0 Å². The standard InChI is InChI=1S/C13H14N2O2/c1-2-7-15(9-10-3-4-10)13(17)11-8-14-6-5-12(11)16/h1,5-6,8,10H,3-4,7,9H2,(H,14,16). The zero-order valence-electron chi connectivity index (χ0n) is 9.48. The highest BCUT2D eigenvalue weighted by molar-refractivity contribution is 5.94. The number of H-pyrrole nitrogens is 1. The lowest BCUT2D eigenvalue weighted by Crippen LogP contribution is -2.36. The molecule has 1 aromatic rings. The fraction of sp³-hybridized carbons (Fsp3) is 0.385. The van der Waals surface area contributed by atoms with Crippen molar-refractivity contribution in [2.24, 2.45) is 5.92 Å². The van der Waals surface area contributed by atoms with E-state index in [9.17, 15) is 9.59 Å². The molecule has 1 aliphatic carbocycles. The Hall–Kier alpha value is -2.02. The van der Waals surface area contributed by atoms with E-state index < -0.39 is 0 Å². The number of aromatic nitrogens is 1. The second-order valence-electron chi connectivity index (χ2n) is 4.26. The molecule has 0 unspecified atom stereocenters. The molecule has 0 atom stereocenters. The number of carbonyl (C=O) groups is 1. The topological polar surface area (TPSA) is 53.2 Å². The minimum atomic E-state index is -0.281. The fourth-order valence-electron chi connectivity index (χ4n) is 1.70. The van der Waals surface area contributed by atoms with Crippen LogP contribution < -0.4 is 5.43 Å². The maximum atomic E-state index is 12.1. The Balaban J connectivity index is 2.18. The van der Waals surface area contributed by atoms with E-state index in [-0.39, 0.29) is 23.4 Å². The molecule has 2 rings (SSSR count). The van der Waals surface area contributed by atoms with Crippen LogP contribution in [-0.4, -0.2) is 28.9 Å². The molecule has 0 aromatic carbocycles. The average Bonchev–Trinajstić information content (AvgIpc) is 3.12. The Labute approximate surface area is 99.6 Å². The highest BCUT2D eigenvalue weighted by Gasteiger charge is 2.27. The van der Waals surface area contributed by atoms with E-state index in [4.69, 9.17) is 6.42 Å². The first-order valence-corrected chi connectivity index (χ1v) is 5.62. The molecule has 1 N–H and O–H groups in total. The molecule has 1 aliphatic rings. The third-order valence-electron chi connectivity index (χ3n) is 2.80. The first kappa shape index (κ1) is 11.5. The largest absolute Gasteiger partial charge is 0.367 e. The molecule has 88 valence electrons. The summed E-state index contributed by atoms with van der Waals surface area (Å²) in [4.78, 5) is 28.0. The highest BCUT2D eigenvalue weighted by atomic mass is 16.2. The molecule has 1 heterocycles. The summed E-state index contributed by atoms with van der Waals surface area (Å²) in [5, 5.41) is 0. The van der Waals surface area contributed by atoms with E-state index in [1.165, 1.54) is 18.5 Å². The third-order valence-corrected chi connectivity index (χ3v) is 2.80. The van der Waals surface area contributed by atoms with Crippen LogP contribution >= 0.6 is 0 Å². The van der Waals surface area contributed by atoms with Gasteiger partial charge in [-0.15, -0.1) is 6.42 Å². The van der Waals surface area contributed by atoms with Crippen molar-refractivity contribution in [3.05, 3.63) is 34.2 Å². The summed E-state index contributed by atoms with van der Waals surface area (Å²) in [5.74, 6) is 2.73. The number of nitrogens with zero attached hydrogens (tertiary/aromatic N) is 1. The molecule has 0 spiro atoms. The monoisotopic (exact) mass is 230 g/mol. The highest BCUT2D eigenvalue weighted by Crippen LogP contribution is 2.29. The van der Waals surface area contributed by atoms with Crippen LogP contribution in [0.1, 0.15) is 23.2 Å². The molecule has 0 saturated heterocycles. The molecule has 0 bridgehead atoms. The van der Waals surface area contributed by atoms with Gasteiger partial charge in [0, 0.05) is 25.0 Å². The fourth-order valence-corrected chi connectivity index (χ4v) is 1.70. The number of amides is 1. The van der Waals surface area contributed by atoms with Gasteiger partial charge in [-0.2, -0.15) is 0 Å². The smallest absolute Gasteiger partial charge is 0.260 e. The van der Waals surface area contributed by atoms with Crippen molar-refractivity contribution in [2.45, 2.75) is 12.8 Å². The maximum Gasteiger partial charge on any atom is 0.260 e. The number of pyridine rings is 1. The van der Waals surface area contributed by atoms with E-state index in [0.29, 0.717) is 12.5 Å². The van der Waals surface area contributed by atoms with Gasteiger partial charge in [0.15, 0.2) is 5.43 Å². The van der Waals surface area contributed by atoms with Crippen LogP contribution in [0.3, 0.4) is 0 Å². The number of hydrogen-bond donors (Lipinski definition) is 1. The van der Waals surface area contributed by atoms with Crippen molar-refractivity contribution in [1.29, 1.82) is 0 Å². The minimum absolute atomic E-state index is 0.156. The van der Waals surface area contributed by atoms with Crippen LogP contribution in [0, 0.1) is 18.3 Å². The van der Waals surface area contributed by atoms with Gasteiger partial charge in [-0.3, -0.25) is 9.59 Å². The number of nitrogens with one attached hydrogen (secondary N) is 1. The summed E-state index contributed by atoms with van der Waals surface area (Å²) < 4.78 is 0. The Kier molecular flexibility index (Phi) is 3.29. The summed E-state index contributed by atoms with van der Waals surface area (Å²) in [6.07, 6.45) is 10.5. The van der Waals surface area contributed by atoms with Gasteiger partial charge in [0.05, 0.1) is 6.54 Å². The second-order valence-corrected chi connectivity index (χ2v) is 4.26. The SMILES string of the molecule is C#CCN(CC1CC1)C(=O)c1c[nH]ccc1=O. The van der Waals surface area contributed by atoms with Gasteiger partial charge in [-0.25, -0.2) is 0 Å². The van der Waals surface area contributed by atoms with E-state index in [1.54, 1.807) is 4.90 Å². The van der Waals surface area contributed by atoms with Crippen molar-refractivity contribution in [3.8, 4) is 12.3 Å². The summed E-state index contributed by atoms with van der Waals surface area (Å²) >= 11 is 0. The normalized spacial score (nSPS) is 14.1. The van der Waals surface area contributed by atoms with E-state index in [1.807, 2.05) is 0 Å². The van der Waals surface area contributed by atoms with Crippen molar-refractivity contribution in [3.63, 3.8) is 0 Å². The number of terminal acetylenes is 1. The lowest BCUT2D eigenvalue weighted by atomic mass is 10.2. The van der Waals surface area contributed by atoms with Crippen LogP contribution in [-0.2, 0) is 0 Å². The molecule has 1 amide bonds. The molecule has 17 heavy (non-hydrogen) atoms. The zero-order valence-corrected chi connectivity index (χ0v) is 9.48. The van der Waals surface area contributed by atoms with Crippen molar-refractivity contribution in [1.82, 2.24) is 9.88 Å². The van der Waals surface area contributed by atoms with Crippen molar-refractivity contribution >= 4 is 5.91 Å². The molecule has 0 aliphatic heterocycles. The minimum Gasteiger partial charge on any atom is -0.367 e. The predicted molar refractivity (Wildman–Crippen MR) is 64.5 cm³/mol. The van der Waals surface area contributed by atoms with E-state index >= 15 is 0 Å². The van der Waals surface area contributed by atoms with Gasteiger partial charge in [0.2, 0.25) is 0 Å². The molecular weight excluding hydrogens is 216 g/mol. The molecule has 4 heteroatoms. The van der Waals surface area contributed by atoms with Crippen LogP contribution in [0.15, 0.2) is 23.3 Å². The Morgan fingerprint density at radius 3 is 2.94 bits per heavy atom. The molecule has 1 saturated carbocycles. The summed E-state index contributed by atoms with van der Waals surface area (Å²) in [6.45, 7) is 0.904. The van der Waals surface area contributed by atoms with Gasteiger partial charge in [-0.1, -0.05) is 5.92 Å².